The molecule has 0 saturated carbocycles. The Labute approximate surface area is 364 Å². The van der Waals surface area contributed by atoms with Crippen molar-refractivity contribution in [2.75, 3.05) is 4.90 Å². The first-order chi connectivity index (χ1) is 30.3. The molecule has 2 nitrogen and oxygen atoms in total. The van der Waals surface area contributed by atoms with E-state index in [0.29, 0.717) is 0 Å². The molecule has 2 heteroatoms. The first kappa shape index (κ1) is 36.7. The first-order valence-corrected chi connectivity index (χ1v) is 22.0. The first-order valence-electron chi connectivity index (χ1n) is 22.0. The maximum atomic E-state index is 6.50. The Hall–Kier alpha value is -7.16. The van der Waals surface area contributed by atoms with Gasteiger partial charge in [0.25, 0.3) is 0 Å². The van der Waals surface area contributed by atoms with Crippen molar-refractivity contribution in [3.8, 4) is 44.5 Å². The van der Waals surface area contributed by atoms with Crippen molar-refractivity contribution in [3.05, 3.63) is 222 Å². The molecule has 0 aliphatic heterocycles. The average molecular weight is 798 g/mol. The summed E-state index contributed by atoms with van der Waals surface area (Å²) >= 11 is 0. The molecule has 0 N–H and O–H groups in total. The highest BCUT2D eigenvalue weighted by atomic mass is 16.3. The van der Waals surface area contributed by atoms with Crippen molar-refractivity contribution >= 4 is 38.9 Å². The van der Waals surface area contributed by atoms with Gasteiger partial charge in [-0.05, 0) is 109 Å². The summed E-state index contributed by atoms with van der Waals surface area (Å²) in [5, 5.41) is 2.29. The van der Waals surface area contributed by atoms with Gasteiger partial charge in [0.2, 0.25) is 0 Å². The lowest BCUT2D eigenvalue weighted by Crippen LogP contribution is -2.30. The summed E-state index contributed by atoms with van der Waals surface area (Å²) in [6.45, 7) is 9.45. The molecule has 0 amide bonds. The maximum absolute atomic E-state index is 6.50. The number of allylic oxidation sites excluding steroid dienone is 2. The molecule has 0 bridgehead atoms. The molecular formula is C60H47NO. The number of hydrogen-bond acceptors (Lipinski definition) is 2. The Morgan fingerprint density at radius 2 is 1.03 bits per heavy atom. The fourth-order valence-electron chi connectivity index (χ4n) is 11.1. The number of anilines is 2. The Morgan fingerprint density at radius 3 is 1.77 bits per heavy atom. The standard InChI is InChI=1S/C60H47NO/c1-59(2)51-27-8-5-21-49(51)56-44(23-14-29-53(56)59)39-16-11-18-42(36-39)61(41-34-32-38(33-35-41)46-25-13-26-48-47-20-7-10-31-55(47)62-58(46)48)43-19-12-17-40(37-43)45-24-15-30-54-57(45)50-22-6-9-28-52(50)60(54,3)4/h5-18,20-37,43H,19H2,1-4H3. The van der Waals surface area contributed by atoms with Gasteiger partial charge in [-0.3, -0.25) is 0 Å². The molecule has 1 heterocycles. The van der Waals surface area contributed by atoms with Gasteiger partial charge in [0, 0.05) is 38.5 Å². The molecule has 3 aliphatic rings. The van der Waals surface area contributed by atoms with Crippen LogP contribution in [-0.2, 0) is 10.8 Å². The summed E-state index contributed by atoms with van der Waals surface area (Å²) in [6, 6.07) is 65.0. The van der Waals surface area contributed by atoms with Crippen LogP contribution in [0, 0.1) is 0 Å². The van der Waals surface area contributed by atoms with Gasteiger partial charge >= 0.3 is 0 Å². The topological polar surface area (TPSA) is 16.4 Å². The lowest BCUT2D eigenvalue weighted by Gasteiger charge is -2.34. The largest absolute Gasteiger partial charge is 0.455 e. The second kappa shape index (κ2) is 13.7. The van der Waals surface area contributed by atoms with Crippen molar-refractivity contribution in [2.24, 2.45) is 0 Å². The third-order valence-corrected chi connectivity index (χ3v) is 14.2. The number of hydrogen-bond donors (Lipinski definition) is 0. The van der Waals surface area contributed by atoms with Gasteiger partial charge in [-0.25, -0.2) is 0 Å². The minimum Gasteiger partial charge on any atom is -0.455 e. The second-order valence-electron chi connectivity index (χ2n) is 18.4. The fraction of sp³-hybridized carbons (Fsp3) is 0.133. The highest BCUT2D eigenvalue weighted by Gasteiger charge is 2.38. The zero-order valence-electron chi connectivity index (χ0n) is 35.6. The molecular weight excluding hydrogens is 751 g/mol. The quantitative estimate of drug-likeness (QED) is 0.167. The summed E-state index contributed by atoms with van der Waals surface area (Å²) in [7, 11) is 0. The van der Waals surface area contributed by atoms with Crippen LogP contribution in [0.1, 0.15) is 61.9 Å². The van der Waals surface area contributed by atoms with E-state index in [4.69, 9.17) is 4.42 Å². The monoisotopic (exact) mass is 797 g/mol. The predicted octanol–water partition coefficient (Wildman–Crippen LogP) is 16.1. The van der Waals surface area contributed by atoms with E-state index >= 15 is 0 Å². The number of nitrogens with zero attached hydrogens (tertiary/aromatic N) is 1. The summed E-state index contributed by atoms with van der Waals surface area (Å²) in [6.07, 6.45) is 8.12. The van der Waals surface area contributed by atoms with Gasteiger partial charge in [-0.2, -0.15) is 0 Å². The van der Waals surface area contributed by atoms with E-state index in [1.54, 1.807) is 0 Å². The number of rotatable bonds is 6. The maximum Gasteiger partial charge on any atom is 0.143 e. The van der Waals surface area contributed by atoms with E-state index in [0.717, 1.165) is 45.2 Å². The van der Waals surface area contributed by atoms with Crippen LogP contribution in [0.2, 0.25) is 0 Å². The second-order valence-corrected chi connectivity index (χ2v) is 18.4. The third-order valence-electron chi connectivity index (χ3n) is 14.2. The van der Waals surface area contributed by atoms with Crippen LogP contribution in [0.25, 0.3) is 72.0 Å². The molecule has 1 aromatic heterocycles. The lowest BCUT2D eigenvalue weighted by molar-refractivity contribution is 0.660. The van der Waals surface area contributed by atoms with Gasteiger partial charge in [0.15, 0.2) is 0 Å². The molecule has 298 valence electrons. The minimum absolute atomic E-state index is 0.0610. The van der Waals surface area contributed by atoms with Crippen LogP contribution >= 0.6 is 0 Å². The fourth-order valence-corrected chi connectivity index (χ4v) is 11.1. The SMILES string of the molecule is CC1(C)c2ccccc2-c2c(C3=CC(N(c4ccc(-c5cccc6c5oc5ccccc56)cc4)c4cccc(-c5cccc6c5-c5ccccc5C6(C)C)c4)CC=C3)cccc21. The van der Waals surface area contributed by atoms with E-state index in [9.17, 15) is 0 Å². The van der Waals surface area contributed by atoms with Crippen LogP contribution in [-0.4, -0.2) is 6.04 Å². The lowest BCUT2D eigenvalue weighted by atomic mass is 9.81. The van der Waals surface area contributed by atoms with Crippen LogP contribution < -0.4 is 4.90 Å². The Kier molecular flexibility index (Phi) is 8.09. The van der Waals surface area contributed by atoms with Gasteiger partial charge in [-0.15, -0.1) is 0 Å². The molecule has 62 heavy (non-hydrogen) atoms. The minimum atomic E-state index is -0.0665. The van der Waals surface area contributed by atoms with Gasteiger partial charge < -0.3 is 9.32 Å². The molecule has 8 aromatic carbocycles. The molecule has 0 fully saturated rings. The molecule has 0 saturated heterocycles. The molecule has 1 atom stereocenters. The number of fused-ring (bicyclic) bond motifs is 9. The summed E-state index contributed by atoms with van der Waals surface area (Å²) in [4.78, 5) is 2.56. The average Bonchev–Trinajstić information content (AvgIpc) is 3.90. The smallest absolute Gasteiger partial charge is 0.143 e. The zero-order valence-corrected chi connectivity index (χ0v) is 35.6. The van der Waals surface area contributed by atoms with Crippen LogP contribution in [0.3, 0.4) is 0 Å². The van der Waals surface area contributed by atoms with Crippen molar-refractivity contribution in [1.29, 1.82) is 0 Å². The zero-order chi connectivity index (χ0) is 41.7. The van der Waals surface area contributed by atoms with Crippen molar-refractivity contribution in [3.63, 3.8) is 0 Å². The molecule has 0 radical (unpaired) electrons. The number of para-hydroxylation sites is 2. The Bertz CT molecular complexity index is 3330. The Morgan fingerprint density at radius 1 is 0.468 bits per heavy atom. The third kappa shape index (κ3) is 5.42. The summed E-state index contributed by atoms with van der Waals surface area (Å²) in [5.74, 6) is 0. The highest BCUT2D eigenvalue weighted by molar-refractivity contribution is 6.09. The van der Waals surface area contributed by atoms with Crippen LogP contribution in [0.4, 0.5) is 11.4 Å². The van der Waals surface area contributed by atoms with Crippen molar-refractivity contribution < 1.29 is 4.42 Å². The van der Waals surface area contributed by atoms with Crippen molar-refractivity contribution in [1.82, 2.24) is 0 Å². The van der Waals surface area contributed by atoms with E-state index in [1.165, 1.54) is 72.5 Å². The molecule has 1 unspecified atom stereocenters. The van der Waals surface area contributed by atoms with E-state index in [1.807, 2.05) is 6.07 Å². The number of benzene rings is 8. The van der Waals surface area contributed by atoms with Crippen LogP contribution in [0.15, 0.2) is 199 Å². The molecule has 9 aromatic rings. The molecule has 12 rings (SSSR count). The van der Waals surface area contributed by atoms with Crippen LogP contribution in [0.5, 0.6) is 0 Å². The number of furan rings is 1. The van der Waals surface area contributed by atoms with E-state index < -0.39 is 0 Å². The van der Waals surface area contributed by atoms with Gasteiger partial charge in [0.05, 0.1) is 6.04 Å². The van der Waals surface area contributed by atoms with E-state index in [2.05, 4.69) is 221 Å². The highest BCUT2D eigenvalue weighted by Crippen LogP contribution is 2.54. The summed E-state index contributed by atoms with van der Waals surface area (Å²) < 4.78 is 6.50. The van der Waals surface area contributed by atoms with Crippen molar-refractivity contribution in [2.45, 2.75) is 51.0 Å². The van der Waals surface area contributed by atoms with E-state index in [-0.39, 0.29) is 16.9 Å². The van der Waals surface area contributed by atoms with Gasteiger partial charge in [-0.1, -0.05) is 192 Å². The predicted molar refractivity (Wildman–Crippen MR) is 260 cm³/mol. The summed E-state index contributed by atoms with van der Waals surface area (Å²) in [5.41, 5.74) is 22.3. The molecule has 0 spiro atoms. The van der Waals surface area contributed by atoms with Gasteiger partial charge in [0.1, 0.15) is 11.2 Å². The Balaban J connectivity index is 1.00. The molecule has 3 aliphatic carbocycles. The normalized spacial score (nSPS) is 16.5.